The first-order valence-corrected chi connectivity index (χ1v) is 11.7. The highest BCUT2D eigenvalue weighted by Gasteiger charge is 2.49. The molecule has 2 aromatic rings. The third-order valence-electron chi connectivity index (χ3n) is 4.65. The number of aliphatic imine (C=N–C) groups is 1. The minimum atomic E-state index is -3.11. The summed E-state index contributed by atoms with van der Waals surface area (Å²) in [6, 6.07) is 16.5. The van der Waals surface area contributed by atoms with Crippen molar-refractivity contribution >= 4 is 38.4 Å². The third kappa shape index (κ3) is 4.47. The van der Waals surface area contributed by atoms with Crippen molar-refractivity contribution in [3.05, 3.63) is 54.6 Å². The number of nitrogens with zero attached hydrogens (tertiary/aromatic N) is 2. The van der Waals surface area contributed by atoms with Gasteiger partial charge in [-0.25, -0.2) is 8.42 Å². The molecule has 29 heavy (non-hydrogen) atoms. The average Bonchev–Trinajstić information content (AvgIpc) is 3.14. The molecule has 9 heteroatoms. The van der Waals surface area contributed by atoms with Crippen LogP contribution in [-0.4, -0.2) is 56.0 Å². The highest BCUT2D eigenvalue weighted by Crippen LogP contribution is 2.41. The lowest BCUT2D eigenvalue weighted by Crippen LogP contribution is -2.37. The van der Waals surface area contributed by atoms with Crippen molar-refractivity contribution < 1.29 is 22.7 Å². The molecule has 2 aromatic carbocycles. The van der Waals surface area contributed by atoms with Gasteiger partial charge in [-0.3, -0.25) is 4.79 Å². The van der Waals surface area contributed by atoms with Crippen LogP contribution >= 0.6 is 11.8 Å². The van der Waals surface area contributed by atoms with Crippen molar-refractivity contribution in [3.63, 3.8) is 0 Å². The number of amides is 1. The zero-order valence-corrected chi connectivity index (χ0v) is 17.4. The van der Waals surface area contributed by atoms with Gasteiger partial charge in [0, 0.05) is 18.0 Å². The van der Waals surface area contributed by atoms with E-state index < -0.39 is 15.7 Å². The molecule has 0 radical (unpaired) electrons. The lowest BCUT2D eigenvalue weighted by atomic mass is 10.2. The molecule has 2 aliphatic heterocycles. The van der Waals surface area contributed by atoms with Crippen LogP contribution in [0.4, 0.5) is 5.69 Å². The Kier molecular flexibility index (Phi) is 5.62. The Morgan fingerprint density at radius 1 is 1.10 bits per heavy atom. The fraction of sp³-hybridized carbons (Fsp3) is 0.300. The summed E-state index contributed by atoms with van der Waals surface area (Å²) in [4.78, 5) is 18.0. The van der Waals surface area contributed by atoms with Crippen LogP contribution in [0.5, 0.6) is 11.5 Å². The highest BCUT2D eigenvalue weighted by molar-refractivity contribution is 8.16. The van der Waals surface area contributed by atoms with E-state index in [2.05, 4.69) is 4.99 Å². The first-order valence-electron chi connectivity index (χ1n) is 9.05. The fourth-order valence-electron chi connectivity index (χ4n) is 3.43. The number of anilines is 1. The molecule has 2 heterocycles. The second-order valence-electron chi connectivity index (χ2n) is 6.80. The monoisotopic (exact) mass is 432 g/mol. The van der Waals surface area contributed by atoms with Gasteiger partial charge in [0.15, 0.2) is 15.0 Å². The molecule has 2 saturated heterocycles. The van der Waals surface area contributed by atoms with Gasteiger partial charge in [-0.05, 0) is 36.4 Å². The number of sulfone groups is 1. The van der Waals surface area contributed by atoms with E-state index in [1.807, 2.05) is 59.5 Å². The van der Waals surface area contributed by atoms with Crippen LogP contribution < -0.4 is 9.64 Å². The lowest BCUT2D eigenvalue weighted by Gasteiger charge is -2.24. The van der Waals surface area contributed by atoms with Gasteiger partial charge >= 0.3 is 0 Å². The molecule has 0 spiro atoms. The van der Waals surface area contributed by atoms with E-state index in [1.165, 1.54) is 18.9 Å². The highest BCUT2D eigenvalue weighted by atomic mass is 32.2. The number of ether oxygens (including phenoxy) is 2. The molecule has 0 bridgehead atoms. The van der Waals surface area contributed by atoms with Crippen LogP contribution in [0, 0.1) is 0 Å². The van der Waals surface area contributed by atoms with Gasteiger partial charge in [-0.1, -0.05) is 30.0 Å². The van der Waals surface area contributed by atoms with Gasteiger partial charge in [0.05, 0.1) is 17.5 Å². The number of thioether (sulfide) groups is 1. The van der Waals surface area contributed by atoms with Gasteiger partial charge in [-0.15, -0.1) is 0 Å². The smallest absolute Gasteiger partial charge is 0.274 e. The maximum Gasteiger partial charge on any atom is 0.274 e. The van der Waals surface area contributed by atoms with Crippen LogP contribution in [0.3, 0.4) is 0 Å². The standard InChI is InChI=1S/C20H20N2O5S2/c1-26-11-19(23)21-20-22(17-12-29(24,25)13-18(17)28-20)14-7-9-16(10-8-14)27-15-5-3-2-4-6-15/h2-10,17-18H,11-13H2,1H3/t17-,18+/m0/s1. The quantitative estimate of drug-likeness (QED) is 0.718. The first-order chi connectivity index (χ1) is 13.9. The first kappa shape index (κ1) is 19.9. The zero-order valence-electron chi connectivity index (χ0n) is 15.7. The van der Waals surface area contributed by atoms with Crippen molar-refractivity contribution in [1.82, 2.24) is 0 Å². The minimum Gasteiger partial charge on any atom is -0.457 e. The van der Waals surface area contributed by atoms with Crippen LogP contribution in [0.15, 0.2) is 59.6 Å². The van der Waals surface area contributed by atoms with Crippen molar-refractivity contribution in [3.8, 4) is 11.5 Å². The molecular weight excluding hydrogens is 412 g/mol. The SMILES string of the molecule is COCC(=O)N=C1S[C@@H]2CS(=O)(=O)C[C@@H]2N1c1ccc(Oc2ccccc2)cc1. The Balaban J connectivity index is 1.61. The van der Waals surface area contributed by atoms with Crippen molar-refractivity contribution in [2.24, 2.45) is 4.99 Å². The second kappa shape index (κ2) is 8.17. The van der Waals surface area contributed by atoms with E-state index in [0.29, 0.717) is 10.9 Å². The summed E-state index contributed by atoms with van der Waals surface area (Å²) in [6.45, 7) is -0.116. The van der Waals surface area contributed by atoms with Gasteiger partial charge in [-0.2, -0.15) is 4.99 Å². The Bertz CT molecular complexity index is 1020. The molecule has 152 valence electrons. The molecule has 0 N–H and O–H groups in total. The summed E-state index contributed by atoms with van der Waals surface area (Å²) in [7, 11) is -1.67. The number of carbonyl (C=O) groups is 1. The van der Waals surface area contributed by atoms with Gasteiger partial charge in [0.2, 0.25) is 0 Å². The van der Waals surface area contributed by atoms with E-state index >= 15 is 0 Å². The number of benzene rings is 2. The summed E-state index contributed by atoms with van der Waals surface area (Å²) in [5, 5.41) is 0.364. The number of amidine groups is 1. The summed E-state index contributed by atoms with van der Waals surface area (Å²) in [6.07, 6.45) is 0. The van der Waals surface area contributed by atoms with E-state index in [-0.39, 0.29) is 29.4 Å². The number of para-hydroxylation sites is 1. The van der Waals surface area contributed by atoms with Crippen LogP contribution in [-0.2, 0) is 19.4 Å². The van der Waals surface area contributed by atoms with E-state index in [4.69, 9.17) is 9.47 Å². The number of hydrogen-bond acceptors (Lipinski definition) is 6. The third-order valence-corrected chi connectivity index (χ3v) is 7.86. The summed E-state index contributed by atoms with van der Waals surface area (Å²) in [5.74, 6) is 1.13. The number of methoxy groups -OCH3 is 1. The normalized spacial score (nSPS) is 23.9. The van der Waals surface area contributed by atoms with Gasteiger partial charge in [0.25, 0.3) is 5.91 Å². The second-order valence-corrected chi connectivity index (χ2v) is 10.2. The maximum absolute atomic E-state index is 12.1. The predicted octanol–water partition coefficient (Wildman–Crippen LogP) is 2.73. The average molecular weight is 433 g/mol. The van der Waals surface area contributed by atoms with E-state index in [0.717, 1.165) is 11.4 Å². The summed E-state index contributed by atoms with van der Waals surface area (Å²) < 4.78 is 34.9. The predicted molar refractivity (Wildman–Crippen MR) is 114 cm³/mol. The molecule has 7 nitrogen and oxygen atoms in total. The fourth-order valence-corrected chi connectivity index (χ4v) is 7.36. The van der Waals surface area contributed by atoms with Gasteiger partial charge < -0.3 is 14.4 Å². The maximum atomic E-state index is 12.1. The van der Waals surface area contributed by atoms with Crippen LogP contribution in [0.2, 0.25) is 0 Å². The summed E-state index contributed by atoms with van der Waals surface area (Å²) in [5.41, 5.74) is 0.770. The number of hydrogen-bond donors (Lipinski definition) is 0. The van der Waals surface area contributed by atoms with Crippen molar-refractivity contribution in [2.75, 3.05) is 30.1 Å². The number of rotatable bonds is 5. The molecule has 1 amide bonds. The molecule has 0 aromatic heterocycles. The Labute approximate surface area is 173 Å². The van der Waals surface area contributed by atoms with Crippen molar-refractivity contribution in [1.29, 1.82) is 0 Å². The van der Waals surface area contributed by atoms with Gasteiger partial charge in [0.1, 0.15) is 18.1 Å². The topological polar surface area (TPSA) is 85.3 Å². The summed E-state index contributed by atoms with van der Waals surface area (Å²) >= 11 is 1.34. The molecule has 0 unspecified atom stereocenters. The largest absolute Gasteiger partial charge is 0.457 e. The van der Waals surface area contributed by atoms with Crippen LogP contribution in [0.1, 0.15) is 0 Å². The number of fused-ring (bicyclic) bond motifs is 1. The molecule has 0 aliphatic carbocycles. The van der Waals surface area contributed by atoms with Crippen molar-refractivity contribution in [2.45, 2.75) is 11.3 Å². The lowest BCUT2D eigenvalue weighted by molar-refractivity contribution is -0.121. The molecule has 4 rings (SSSR count). The number of carbonyl (C=O) groups excluding carboxylic acids is 1. The molecule has 2 fully saturated rings. The van der Waals surface area contributed by atoms with E-state index in [9.17, 15) is 13.2 Å². The zero-order chi connectivity index (χ0) is 20.4. The van der Waals surface area contributed by atoms with E-state index in [1.54, 1.807) is 0 Å². The molecule has 2 atom stereocenters. The molecule has 0 saturated carbocycles. The Morgan fingerprint density at radius 3 is 2.48 bits per heavy atom. The molecular formula is C20H20N2O5S2. The van der Waals surface area contributed by atoms with Crippen LogP contribution in [0.25, 0.3) is 0 Å². The Hall–Kier alpha value is -2.36. The minimum absolute atomic E-state index is 0.0461. The molecule has 2 aliphatic rings. The Morgan fingerprint density at radius 2 is 1.79 bits per heavy atom.